The molecule has 0 radical (unpaired) electrons. The Labute approximate surface area is 232 Å². The van der Waals surface area contributed by atoms with Gasteiger partial charge in [-0.1, -0.05) is 36.4 Å². The zero-order valence-electron chi connectivity index (χ0n) is 20.6. The van der Waals surface area contributed by atoms with Crippen molar-refractivity contribution in [3.8, 4) is 0 Å². The van der Waals surface area contributed by atoms with Crippen molar-refractivity contribution in [2.75, 3.05) is 57.4 Å². The minimum Gasteiger partial charge on any atom is -0.379 e. The minimum absolute atomic E-state index is 0. The normalized spacial score (nSPS) is 17.4. The number of nitrogens with zero attached hydrogens (tertiary/aromatic N) is 7. The lowest BCUT2D eigenvalue weighted by Gasteiger charge is -2.35. The first-order chi connectivity index (χ1) is 16.3. The molecule has 2 aromatic heterocycles. The van der Waals surface area contributed by atoms with Gasteiger partial charge in [0.25, 0.3) is 0 Å². The molecule has 0 saturated carbocycles. The molecule has 3 aromatic rings. The van der Waals surface area contributed by atoms with E-state index < -0.39 is 0 Å². The summed E-state index contributed by atoms with van der Waals surface area (Å²) in [5, 5.41) is 9.36. The lowest BCUT2D eigenvalue weighted by molar-refractivity contribution is 0.0324. The molecule has 0 unspecified atom stereocenters. The van der Waals surface area contributed by atoms with E-state index in [1.54, 1.807) is 0 Å². The first-order valence-corrected chi connectivity index (χ1v) is 11.9. The van der Waals surface area contributed by atoms with E-state index >= 15 is 0 Å². The van der Waals surface area contributed by atoms with Gasteiger partial charge in [-0.3, -0.25) is 9.80 Å². The van der Waals surface area contributed by atoms with E-state index in [1.807, 2.05) is 12.3 Å². The lowest BCUT2D eigenvalue weighted by Crippen LogP contribution is -2.46. The fourth-order valence-corrected chi connectivity index (χ4v) is 4.74. The Kier molecular flexibility index (Phi) is 12.4. The molecule has 0 aliphatic carbocycles. The van der Waals surface area contributed by atoms with Gasteiger partial charge in [0.2, 0.25) is 0 Å². The maximum Gasteiger partial charge on any atom is 0.147 e. The molecule has 0 spiro atoms. The molecule has 5 rings (SSSR count). The highest BCUT2D eigenvalue weighted by atomic mass is 35.5. The van der Waals surface area contributed by atoms with Crippen molar-refractivity contribution in [1.82, 2.24) is 29.5 Å². The summed E-state index contributed by atoms with van der Waals surface area (Å²) in [6.45, 7) is 11.2. The van der Waals surface area contributed by atoms with Crippen molar-refractivity contribution in [3.05, 3.63) is 71.9 Å². The number of morpholine rings is 1. The molecule has 8 nitrogen and oxygen atoms in total. The van der Waals surface area contributed by atoms with E-state index in [1.165, 1.54) is 5.56 Å². The van der Waals surface area contributed by atoms with Crippen molar-refractivity contribution in [3.63, 3.8) is 0 Å². The number of halogens is 3. The van der Waals surface area contributed by atoms with Crippen LogP contribution in [0.1, 0.15) is 30.2 Å². The van der Waals surface area contributed by atoms with Crippen LogP contribution in [0.15, 0.2) is 54.7 Å². The summed E-state index contributed by atoms with van der Waals surface area (Å²) >= 11 is 0. The number of ether oxygens (including phenoxy) is 1. The van der Waals surface area contributed by atoms with Crippen molar-refractivity contribution in [2.24, 2.45) is 0 Å². The standard InChI is InChI=1S/C25H33N7O.3ClH/c1-21(22-7-3-2-4-8-22)32-24(27-28-25(32)20-30-15-17-33-18-16-30)19-29-11-13-31(14-12-29)23-9-5-6-10-26-23;;;/h2-10,21H,11-20H2,1H3;3*1H/t21-;;;/m0.../s1. The Morgan fingerprint density at radius 1 is 0.750 bits per heavy atom. The molecule has 11 heteroatoms. The molecule has 36 heavy (non-hydrogen) atoms. The fourth-order valence-electron chi connectivity index (χ4n) is 4.74. The molecule has 2 fully saturated rings. The van der Waals surface area contributed by atoms with E-state index in [0.717, 1.165) is 83.0 Å². The summed E-state index contributed by atoms with van der Waals surface area (Å²) in [5.74, 6) is 3.14. The smallest absolute Gasteiger partial charge is 0.147 e. The van der Waals surface area contributed by atoms with E-state index in [4.69, 9.17) is 4.74 Å². The van der Waals surface area contributed by atoms with Gasteiger partial charge in [0.1, 0.15) is 17.5 Å². The largest absolute Gasteiger partial charge is 0.379 e. The van der Waals surface area contributed by atoms with Crippen LogP contribution >= 0.6 is 37.2 Å². The first-order valence-electron chi connectivity index (χ1n) is 11.9. The van der Waals surface area contributed by atoms with Crippen LogP contribution in [0.2, 0.25) is 0 Å². The van der Waals surface area contributed by atoms with Crippen molar-refractivity contribution >= 4 is 43.0 Å². The Bertz CT molecular complexity index is 1010. The van der Waals surface area contributed by atoms with Crippen LogP contribution in [0.3, 0.4) is 0 Å². The third-order valence-corrected chi connectivity index (χ3v) is 6.69. The average molecular weight is 557 g/mol. The van der Waals surface area contributed by atoms with Gasteiger partial charge >= 0.3 is 0 Å². The molecule has 2 aliphatic rings. The number of anilines is 1. The van der Waals surface area contributed by atoms with Crippen LogP contribution in [0.4, 0.5) is 5.82 Å². The molecule has 198 valence electrons. The predicted octanol–water partition coefficient (Wildman–Crippen LogP) is 3.70. The summed E-state index contributed by atoms with van der Waals surface area (Å²) in [7, 11) is 0. The molecule has 2 aliphatic heterocycles. The highest BCUT2D eigenvalue weighted by Gasteiger charge is 2.25. The van der Waals surface area contributed by atoms with Gasteiger partial charge in [0.05, 0.1) is 32.3 Å². The lowest BCUT2D eigenvalue weighted by atomic mass is 10.1. The number of pyridine rings is 1. The number of hydrogen-bond acceptors (Lipinski definition) is 7. The molecule has 0 N–H and O–H groups in total. The second kappa shape index (κ2) is 14.7. The maximum absolute atomic E-state index is 5.53. The van der Waals surface area contributed by atoms with E-state index in [0.29, 0.717) is 0 Å². The van der Waals surface area contributed by atoms with E-state index in [9.17, 15) is 0 Å². The Morgan fingerprint density at radius 2 is 1.33 bits per heavy atom. The molecule has 0 bridgehead atoms. The highest BCUT2D eigenvalue weighted by Crippen LogP contribution is 2.23. The molecule has 2 saturated heterocycles. The van der Waals surface area contributed by atoms with Crippen LogP contribution in [0.25, 0.3) is 0 Å². The average Bonchev–Trinajstić information content (AvgIpc) is 3.27. The second-order valence-corrected chi connectivity index (χ2v) is 8.83. The Morgan fingerprint density at radius 3 is 1.92 bits per heavy atom. The molecule has 1 atom stereocenters. The van der Waals surface area contributed by atoms with Crippen molar-refractivity contribution in [2.45, 2.75) is 26.1 Å². The quantitative estimate of drug-likeness (QED) is 0.440. The van der Waals surface area contributed by atoms with Gasteiger partial charge in [-0.25, -0.2) is 4.98 Å². The first kappa shape index (κ1) is 30.3. The van der Waals surface area contributed by atoms with Crippen LogP contribution in [-0.4, -0.2) is 82.0 Å². The van der Waals surface area contributed by atoms with E-state index in [-0.39, 0.29) is 43.3 Å². The SMILES string of the molecule is C[C@@H](c1ccccc1)n1c(CN2CCOCC2)nnc1CN1CCN(c2ccccn2)CC1.Cl.Cl.Cl. The predicted molar refractivity (Wildman–Crippen MR) is 150 cm³/mol. The van der Waals surface area contributed by atoms with Gasteiger partial charge in [-0.05, 0) is 24.6 Å². The summed E-state index contributed by atoms with van der Waals surface area (Å²) < 4.78 is 7.89. The van der Waals surface area contributed by atoms with Crippen molar-refractivity contribution < 1.29 is 4.74 Å². The van der Waals surface area contributed by atoms with Gasteiger partial charge < -0.3 is 14.2 Å². The molecular weight excluding hydrogens is 521 g/mol. The van der Waals surface area contributed by atoms with Gasteiger partial charge in [-0.15, -0.1) is 47.4 Å². The molecule has 4 heterocycles. The third kappa shape index (κ3) is 7.31. The van der Waals surface area contributed by atoms with E-state index in [2.05, 4.69) is 83.8 Å². The van der Waals surface area contributed by atoms with Gasteiger partial charge in [0, 0.05) is 45.5 Å². The van der Waals surface area contributed by atoms with Crippen LogP contribution in [0.5, 0.6) is 0 Å². The summed E-state index contributed by atoms with van der Waals surface area (Å²) in [5.41, 5.74) is 1.28. The zero-order valence-corrected chi connectivity index (χ0v) is 23.1. The van der Waals surface area contributed by atoms with Gasteiger partial charge in [0.15, 0.2) is 0 Å². The third-order valence-electron chi connectivity index (χ3n) is 6.69. The minimum atomic E-state index is 0. The zero-order chi connectivity index (χ0) is 22.5. The number of aromatic nitrogens is 4. The molecule has 1 aromatic carbocycles. The molecular formula is C25H36Cl3N7O. The van der Waals surface area contributed by atoms with Crippen LogP contribution < -0.4 is 4.90 Å². The van der Waals surface area contributed by atoms with Crippen molar-refractivity contribution in [1.29, 1.82) is 0 Å². The summed E-state index contributed by atoms with van der Waals surface area (Å²) in [4.78, 5) is 11.8. The Hall–Kier alpha value is -1.94. The number of rotatable bonds is 7. The van der Waals surface area contributed by atoms with Crippen LogP contribution in [-0.2, 0) is 17.8 Å². The number of benzene rings is 1. The van der Waals surface area contributed by atoms with Crippen LogP contribution in [0, 0.1) is 0 Å². The summed E-state index contributed by atoms with van der Waals surface area (Å²) in [6.07, 6.45) is 1.87. The molecule has 0 amide bonds. The highest BCUT2D eigenvalue weighted by molar-refractivity contribution is 5.86. The number of hydrogen-bond donors (Lipinski definition) is 0. The topological polar surface area (TPSA) is 62.6 Å². The monoisotopic (exact) mass is 555 g/mol. The maximum atomic E-state index is 5.53. The summed E-state index contributed by atoms with van der Waals surface area (Å²) in [6, 6.07) is 17.0. The number of piperazine rings is 1. The second-order valence-electron chi connectivity index (χ2n) is 8.83. The fraction of sp³-hybridized carbons (Fsp3) is 0.480. The van der Waals surface area contributed by atoms with Gasteiger partial charge in [-0.2, -0.15) is 0 Å². The Balaban J connectivity index is 0.00000152.